The summed E-state index contributed by atoms with van der Waals surface area (Å²) in [6, 6.07) is 2.37. The Morgan fingerprint density at radius 2 is 1.73 bits per heavy atom. The minimum Gasteiger partial charge on any atom is -0.444 e. The van der Waals surface area contributed by atoms with Crippen LogP contribution in [0.4, 0.5) is 19.3 Å². The molecular weight excluding hydrogens is 460 g/mol. The molecule has 2 aliphatic heterocycles. The molecule has 1 aromatic carbocycles. The maximum atomic E-state index is 14.2. The first-order valence-corrected chi connectivity index (χ1v) is 11.0. The van der Waals surface area contributed by atoms with Crippen LogP contribution in [0.1, 0.15) is 46.5 Å². The number of anilines is 1. The van der Waals surface area contributed by atoms with Gasteiger partial charge in [0.2, 0.25) is 0 Å². The molecule has 0 atom stereocenters. The van der Waals surface area contributed by atoms with Crippen molar-refractivity contribution in [3.8, 4) is 0 Å². The molecule has 0 N–H and O–H groups in total. The molecule has 6 nitrogen and oxygen atoms in total. The van der Waals surface area contributed by atoms with E-state index in [1.807, 2.05) is 25.7 Å². The predicted octanol–water partition coefficient (Wildman–Crippen LogP) is 5.10. The van der Waals surface area contributed by atoms with Gasteiger partial charge in [-0.2, -0.15) is 0 Å². The monoisotopic (exact) mass is 487 g/mol. The Hall–Kier alpha value is -1.90. The fraction of sp³-hybridized carbons (Fsp3) is 0.619. The Kier molecular flexibility index (Phi) is 7.21. The standard InChI is InChI=1S/C21H28BrF2N3O3/c1-21(2,3)29-20(28)27-10-6-15(7-11-27)30-25-14-4-8-26(9-5-14)19-13-17(23)16(22)12-18(19)24/h12-13,15H,4-11H2,1-3H3. The molecule has 1 amide bonds. The first-order chi connectivity index (χ1) is 14.1. The number of oxime groups is 1. The van der Waals surface area contributed by atoms with Gasteiger partial charge in [0.15, 0.2) is 0 Å². The Balaban J connectivity index is 1.45. The van der Waals surface area contributed by atoms with Crippen molar-refractivity contribution in [3.63, 3.8) is 0 Å². The van der Waals surface area contributed by atoms with Crippen LogP contribution in [0.3, 0.4) is 0 Å². The summed E-state index contributed by atoms with van der Waals surface area (Å²) in [6.07, 6.45) is 2.34. The highest BCUT2D eigenvalue weighted by Crippen LogP contribution is 2.28. The Bertz CT molecular complexity index is 795. The van der Waals surface area contributed by atoms with Gasteiger partial charge in [0.1, 0.15) is 23.3 Å². The fourth-order valence-corrected chi connectivity index (χ4v) is 3.79. The largest absolute Gasteiger partial charge is 0.444 e. The van der Waals surface area contributed by atoms with E-state index in [0.717, 1.165) is 11.8 Å². The first kappa shape index (κ1) is 22.8. The molecule has 0 aliphatic carbocycles. The summed E-state index contributed by atoms with van der Waals surface area (Å²) in [5.41, 5.74) is 0.680. The maximum absolute atomic E-state index is 14.2. The van der Waals surface area contributed by atoms with Gasteiger partial charge in [-0.1, -0.05) is 5.16 Å². The van der Waals surface area contributed by atoms with E-state index >= 15 is 0 Å². The highest BCUT2D eigenvalue weighted by molar-refractivity contribution is 9.10. The van der Waals surface area contributed by atoms with Gasteiger partial charge in [0.05, 0.1) is 15.9 Å². The number of hydrogen-bond acceptors (Lipinski definition) is 5. The third kappa shape index (κ3) is 6.06. The molecule has 166 valence electrons. The van der Waals surface area contributed by atoms with E-state index < -0.39 is 17.2 Å². The highest BCUT2D eigenvalue weighted by atomic mass is 79.9. The van der Waals surface area contributed by atoms with Crippen LogP contribution < -0.4 is 4.90 Å². The normalized spacial score (nSPS) is 18.4. The molecule has 0 spiro atoms. The molecular formula is C21H28BrF2N3O3. The van der Waals surface area contributed by atoms with Crippen molar-refractivity contribution in [2.45, 2.75) is 58.2 Å². The lowest BCUT2D eigenvalue weighted by molar-refractivity contribution is -0.0102. The molecule has 0 saturated carbocycles. The summed E-state index contributed by atoms with van der Waals surface area (Å²) >= 11 is 3.00. The minimum atomic E-state index is -0.504. The van der Waals surface area contributed by atoms with Crippen molar-refractivity contribution in [1.82, 2.24) is 4.90 Å². The van der Waals surface area contributed by atoms with E-state index in [1.165, 1.54) is 6.07 Å². The van der Waals surface area contributed by atoms with E-state index in [0.29, 0.717) is 51.9 Å². The number of carbonyl (C=O) groups is 1. The summed E-state index contributed by atoms with van der Waals surface area (Å²) in [7, 11) is 0. The third-order valence-corrected chi connectivity index (χ3v) is 5.70. The van der Waals surface area contributed by atoms with Crippen molar-refractivity contribution in [2.75, 3.05) is 31.1 Å². The SMILES string of the molecule is CC(C)(C)OC(=O)N1CCC(ON=C2CCN(c3cc(F)c(Br)cc3F)CC2)CC1. The van der Waals surface area contributed by atoms with Crippen molar-refractivity contribution in [2.24, 2.45) is 5.16 Å². The number of amides is 1. The molecule has 0 unspecified atom stereocenters. The van der Waals surface area contributed by atoms with Crippen molar-refractivity contribution in [3.05, 3.63) is 28.2 Å². The van der Waals surface area contributed by atoms with Gasteiger partial charge in [-0.05, 0) is 42.8 Å². The summed E-state index contributed by atoms with van der Waals surface area (Å²) < 4.78 is 33.4. The van der Waals surface area contributed by atoms with Gasteiger partial charge in [0, 0.05) is 57.9 Å². The van der Waals surface area contributed by atoms with Crippen molar-refractivity contribution >= 4 is 33.4 Å². The minimum absolute atomic E-state index is 0.0350. The summed E-state index contributed by atoms with van der Waals surface area (Å²) in [6.45, 7) is 7.81. The van der Waals surface area contributed by atoms with E-state index in [4.69, 9.17) is 9.57 Å². The first-order valence-electron chi connectivity index (χ1n) is 10.2. The molecule has 1 aromatic rings. The number of likely N-dealkylation sites (tertiary alicyclic amines) is 1. The van der Waals surface area contributed by atoms with Gasteiger partial charge >= 0.3 is 6.09 Å². The second kappa shape index (κ2) is 9.49. The molecule has 2 aliphatic rings. The lowest BCUT2D eigenvalue weighted by Gasteiger charge is -2.33. The predicted molar refractivity (Wildman–Crippen MR) is 115 cm³/mol. The summed E-state index contributed by atoms with van der Waals surface area (Å²) in [5, 5.41) is 4.30. The van der Waals surface area contributed by atoms with Crippen LogP contribution in [0, 0.1) is 11.6 Å². The second-order valence-corrected chi connectivity index (χ2v) is 9.49. The van der Waals surface area contributed by atoms with Crippen LogP contribution in [-0.4, -0.2) is 54.6 Å². The smallest absolute Gasteiger partial charge is 0.410 e. The average Bonchev–Trinajstić information content (AvgIpc) is 2.69. The average molecular weight is 488 g/mol. The van der Waals surface area contributed by atoms with Gasteiger partial charge in [-0.3, -0.25) is 0 Å². The number of carbonyl (C=O) groups excluding carboxylic acids is 1. The fourth-order valence-electron chi connectivity index (χ4n) is 3.47. The van der Waals surface area contributed by atoms with Gasteiger partial charge in [-0.15, -0.1) is 0 Å². The number of rotatable bonds is 3. The molecule has 0 aromatic heterocycles. The molecule has 30 heavy (non-hydrogen) atoms. The Morgan fingerprint density at radius 3 is 2.33 bits per heavy atom. The van der Waals surface area contributed by atoms with Crippen molar-refractivity contribution in [1.29, 1.82) is 0 Å². The topological polar surface area (TPSA) is 54.4 Å². The van der Waals surface area contributed by atoms with Crippen LogP contribution in [0.25, 0.3) is 0 Å². The molecule has 2 heterocycles. The molecule has 2 fully saturated rings. The van der Waals surface area contributed by atoms with Crippen LogP contribution in [0.15, 0.2) is 21.8 Å². The van der Waals surface area contributed by atoms with Crippen LogP contribution in [-0.2, 0) is 9.57 Å². The number of nitrogens with zero attached hydrogens (tertiary/aromatic N) is 3. The van der Waals surface area contributed by atoms with Gasteiger partial charge in [-0.25, -0.2) is 13.6 Å². The Morgan fingerprint density at radius 1 is 1.10 bits per heavy atom. The number of halogens is 3. The van der Waals surface area contributed by atoms with E-state index in [9.17, 15) is 13.6 Å². The number of benzene rings is 1. The number of ether oxygens (including phenoxy) is 1. The van der Waals surface area contributed by atoms with E-state index in [1.54, 1.807) is 4.90 Å². The van der Waals surface area contributed by atoms with Crippen LogP contribution in [0.2, 0.25) is 0 Å². The van der Waals surface area contributed by atoms with Crippen molar-refractivity contribution < 1.29 is 23.1 Å². The molecule has 3 rings (SSSR count). The molecule has 2 saturated heterocycles. The Labute approximate surface area is 184 Å². The quantitative estimate of drug-likeness (QED) is 0.439. The van der Waals surface area contributed by atoms with Crippen LogP contribution in [0.5, 0.6) is 0 Å². The number of hydrogen-bond donors (Lipinski definition) is 0. The maximum Gasteiger partial charge on any atom is 0.410 e. The van der Waals surface area contributed by atoms with Crippen LogP contribution >= 0.6 is 15.9 Å². The van der Waals surface area contributed by atoms with Gasteiger partial charge < -0.3 is 19.4 Å². The second-order valence-electron chi connectivity index (χ2n) is 8.63. The zero-order valence-corrected chi connectivity index (χ0v) is 19.2. The zero-order chi connectivity index (χ0) is 21.9. The summed E-state index contributed by atoms with van der Waals surface area (Å²) in [4.78, 5) is 21.3. The van der Waals surface area contributed by atoms with E-state index in [-0.39, 0.29) is 22.4 Å². The molecule has 0 bridgehead atoms. The lowest BCUT2D eigenvalue weighted by atomic mass is 10.1. The summed E-state index contributed by atoms with van der Waals surface area (Å²) in [5.74, 6) is -0.927. The highest BCUT2D eigenvalue weighted by Gasteiger charge is 2.28. The number of piperidine rings is 2. The lowest BCUT2D eigenvalue weighted by Crippen LogP contribution is -2.43. The van der Waals surface area contributed by atoms with E-state index in [2.05, 4.69) is 21.1 Å². The molecule has 9 heteroatoms. The molecule has 0 radical (unpaired) electrons. The third-order valence-electron chi connectivity index (χ3n) is 5.10. The van der Waals surface area contributed by atoms with Gasteiger partial charge in [0.25, 0.3) is 0 Å². The zero-order valence-electron chi connectivity index (χ0n) is 17.6.